The predicted molar refractivity (Wildman–Crippen MR) is 107 cm³/mol. The molecule has 0 aliphatic heterocycles. The van der Waals surface area contributed by atoms with Crippen LogP contribution in [0.4, 0.5) is 0 Å². The van der Waals surface area contributed by atoms with Gasteiger partial charge in [0.2, 0.25) is 5.91 Å². The first-order valence-corrected chi connectivity index (χ1v) is 10.7. The van der Waals surface area contributed by atoms with Crippen molar-refractivity contribution in [2.45, 2.75) is 33.2 Å². The third-order valence-corrected chi connectivity index (χ3v) is 6.12. The monoisotopic (exact) mass is 373 g/mol. The Morgan fingerprint density at radius 3 is 2.08 bits per heavy atom. The van der Waals surface area contributed by atoms with E-state index in [-0.39, 0.29) is 35.8 Å². The van der Waals surface area contributed by atoms with Crippen LogP contribution < -0.4 is 5.32 Å². The van der Waals surface area contributed by atoms with Crippen LogP contribution in [-0.4, -0.2) is 25.8 Å². The van der Waals surface area contributed by atoms with Gasteiger partial charge in [0.25, 0.3) is 0 Å². The molecule has 4 nitrogen and oxygen atoms in total. The first-order chi connectivity index (χ1) is 12.3. The average Bonchev–Trinajstić information content (AvgIpc) is 2.60. The molecule has 0 heterocycles. The van der Waals surface area contributed by atoms with Crippen LogP contribution in [0.1, 0.15) is 38.8 Å². The molecule has 2 rings (SSSR count). The van der Waals surface area contributed by atoms with Gasteiger partial charge in [-0.1, -0.05) is 68.4 Å². The van der Waals surface area contributed by atoms with Crippen molar-refractivity contribution >= 4 is 15.7 Å². The molecular formula is C21H27NO3S. The molecular weight excluding hydrogens is 346 g/mol. The summed E-state index contributed by atoms with van der Waals surface area (Å²) in [7, 11) is -3.17. The van der Waals surface area contributed by atoms with Gasteiger partial charge in [0.1, 0.15) is 0 Å². The lowest BCUT2D eigenvalue weighted by molar-refractivity contribution is -0.121. The summed E-state index contributed by atoms with van der Waals surface area (Å²) < 4.78 is 23.8. The molecule has 5 heteroatoms. The summed E-state index contributed by atoms with van der Waals surface area (Å²) in [6, 6.07) is 18.0. The maximum Gasteiger partial charge on any atom is 0.221 e. The Morgan fingerprint density at radius 2 is 1.50 bits per heavy atom. The largest absolute Gasteiger partial charge is 0.350 e. The lowest BCUT2D eigenvalue weighted by Gasteiger charge is -2.15. The summed E-state index contributed by atoms with van der Waals surface area (Å²) in [5, 5.41) is 2.88. The summed E-state index contributed by atoms with van der Waals surface area (Å²) in [5.74, 6) is -0.143. The van der Waals surface area contributed by atoms with Gasteiger partial charge in [0.15, 0.2) is 9.84 Å². The standard InChI is InChI=1S/C21H27NO3S/c1-16(2)15-26(24,25)14-13-21(23)22-17(3)18-9-11-20(12-10-18)19-7-5-4-6-8-19/h4-12,16-17H,13-15H2,1-3H3,(H,22,23)/t17-/m1/s1. The average molecular weight is 374 g/mol. The number of carbonyl (C=O) groups excluding carboxylic acids is 1. The minimum Gasteiger partial charge on any atom is -0.350 e. The molecule has 140 valence electrons. The lowest BCUT2D eigenvalue weighted by atomic mass is 10.0. The van der Waals surface area contributed by atoms with E-state index in [0.29, 0.717) is 0 Å². The van der Waals surface area contributed by atoms with Crippen LogP contribution >= 0.6 is 0 Å². The fraction of sp³-hybridized carbons (Fsp3) is 0.381. The van der Waals surface area contributed by atoms with E-state index in [1.165, 1.54) is 0 Å². The second-order valence-electron chi connectivity index (χ2n) is 7.04. The highest BCUT2D eigenvalue weighted by Crippen LogP contribution is 2.21. The SMILES string of the molecule is CC(C)CS(=O)(=O)CCC(=O)N[C@H](C)c1ccc(-c2ccccc2)cc1. The quantitative estimate of drug-likeness (QED) is 0.761. The highest BCUT2D eigenvalue weighted by Gasteiger charge is 2.17. The number of sulfone groups is 1. The third-order valence-electron chi connectivity index (χ3n) is 4.12. The number of hydrogen-bond donors (Lipinski definition) is 1. The zero-order chi connectivity index (χ0) is 19.2. The van der Waals surface area contributed by atoms with Crippen molar-refractivity contribution < 1.29 is 13.2 Å². The van der Waals surface area contributed by atoms with Crippen molar-refractivity contribution in [1.29, 1.82) is 0 Å². The van der Waals surface area contributed by atoms with E-state index in [4.69, 9.17) is 0 Å². The van der Waals surface area contributed by atoms with E-state index in [1.807, 2.05) is 63.2 Å². The molecule has 2 aromatic carbocycles. The normalized spacial score (nSPS) is 12.8. The molecule has 26 heavy (non-hydrogen) atoms. The molecule has 0 bridgehead atoms. The van der Waals surface area contributed by atoms with Gasteiger partial charge in [-0.15, -0.1) is 0 Å². The summed E-state index contributed by atoms with van der Waals surface area (Å²) in [6.45, 7) is 5.62. The Bertz CT molecular complexity index is 812. The topological polar surface area (TPSA) is 63.2 Å². The summed E-state index contributed by atoms with van der Waals surface area (Å²) in [4.78, 5) is 12.1. The van der Waals surface area contributed by atoms with Crippen molar-refractivity contribution in [3.63, 3.8) is 0 Å². The van der Waals surface area contributed by atoms with Crippen LogP contribution in [0.2, 0.25) is 0 Å². The Hall–Kier alpha value is -2.14. The minimum absolute atomic E-state index is 0.00148. The molecule has 0 spiro atoms. The van der Waals surface area contributed by atoms with Crippen LogP contribution in [0.15, 0.2) is 54.6 Å². The molecule has 2 aromatic rings. The van der Waals surface area contributed by atoms with Crippen molar-refractivity contribution in [1.82, 2.24) is 5.32 Å². The molecule has 0 aromatic heterocycles. The molecule has 0 aliphatic carbocycles. The van der Waals surface area contributed by atoms with Crippen molar-refractivity contribution in [3.05, 3.63) is 60.2 Å². The number of benzene rings is 2. The van der Waals surface area contributed by atoms with Crippen LogP contribution in [0.5, 0.6) is 0 Å². The Morgan fingerprint density at radius 1 is 0.923 bits per heavy atom. The molecule has 0 saturated carbocycles. The van der Waals surface area contributed by atoms with Gasteiger partial charge in [0, 0.05) is 6.42 Å². The fourth-order valence-corrected chi connectivity index (χ4v) is 4.51. The Kier molecular flexibility index (Phi) is 6.98. The number of rotatable bonds is 8. The lowest BCUT2D eigenvalue weighted by Crippen LogP contribution is -2.29. The maximum atomic E-state index is 12.1. The molecule has 0 saturated heterocycles. The van der Waals surface area contributed by atoms with Gasteiger partial charge in [0.05, 0.1) is 17.5 Å². The van der Waals surface area contributed by atoms with Gasteiger partial charge in [-0.05, 0) is 29.5 Å². The first kappa shape index (κ1) is 20.2. The molecule has 0 aliphatic rings. The highest BCUT2D eigenvalue weighted by molar-refractivity contribution is 7.91. The number of hydrogen-bond acceptors (Lipinski definition) is 3. The zero-order valence-electron chi connectivity index (χ0n) is 15.6. The van der Waals surface area contributed by atoms with E-state index in [0.717, 1.165) is 16.7 Å². The van der Waals surface area contributed by atoms with Gasteiger partial charge in [-0.2, -0.15) is 0 Å². The predicted octanol–water partition coefficient (Wildman–Crippen LogP) is 3.99. The second-order valence-corrected chi connectivity index (χ2v) is 9.26. The molecule has 1 N–H and O–H groups in total. The smallest absolute Gasteiger partial charge is 0.221 e. The van der Waals surface area contributed by atoms with Crippen molar-refractivity contribution in [2.75, 3.05) is 11.5 Å². The van der Waals surface area contributed by atoms with Crippen LogP contribution in [0.3, 0.4) is 0 Å². The van der Waals surface area contributed by atoms with Gasteiger partial charge in [-0.25, -0.2) is 8.42 Å². The van der Waals surface area contributed by atoms with E-state index in [9.17, 15) is 13.2 Å². The molecule has 0 fully saturated rings. The van der Waals surface area contributed by atoms with Crippen LogP contribution in [0.25, 0.3) is 11.1 Å². The zero-order valence-corrected chi connectivity index (χ0v) is 16.4. The van der Waals surface area contributed by atoms with Crippen LogP contribution in [0, 0.1) is 5.92 Å². The summed E-state index contributed by atoms with van der Waals surface area (Å²) in [6.07, 6.45) is 0.00148. The van der Waals surface area contributed by atoms with Gasteiger partial charge in [-0.3, -0.25) is 4.79 Å². The number of nitrogens with one attached hydrogen (secondary N) is 1. The Labute approximate surface area is 156 Å². The third kappa shape index (κ3) is 6.30. The molecule has 0 unspecified atom stereocenters. The maximum absolute atomic E-state index is 12.1. The van der Waals surface area contributed by atoms with E-state index in [2.05, 4.69) is 17.4 Å². The van der Waals surface area contributed by atoms with E-state index < -0.39 is 9.84 Å². The summed E-state index contributed by atoms with van der Waals surface area (Å²) >= 11 is 0. The fourth-order valence-electron chi connectivity index (χ4n) is 2.83. The van der Waals surface area contributed by atoms with Gasteiger partial charge < -0.3 is 5.32 Å². The van der Waals surface area contributed by atoms with Crippen LogP contribution in [-0.2, 0) is 14.6 Å². The second kappa shape index (κ2) is 8.99. The minimum atomic E-state index is -3.17. The van der Waals surface area contributed by atoms with Crippen molar-refractivity contribution in [2.24, 2.45) is 5.92 Å². The first-order valence-electron chi connectivity index (χ1n) is 8.92. The summed E-state index contributed by atoms with van der Waals surface area (Å²) in [5.41, 5.74) is 3.25. The van der Waals surface area contributed by atoms with Gasteiger partial charge >= 0.3 is 0 Å². The van der Waals surface area contributed by atoms with Crippen molar-refractivity contribution in [3.8, 4) is 11.1 Å². The highest BCUT2D eigenvalue weighted by atomic mass is 32.2. The molecule has 0 radical (unpaired) electrons. The molecule has 1 atom stereocenters. The molecule has 1 amide bonds. The Balaban J connectivity index is 1.91. The van der Waals surface area contributed by atoms with E-state index >= 15 is 0 Å². The van der Waals surface area contributed by atoms with E-state index in [1.54, 1.807) is 0 Å². The number of amides is 1. The number of carbonyl (C=O) groups is 1.